The van der Waals surface area contributed by atoms with Crippen LogP contribution >= 0.6 is 0 Å². The van der Waals surface area contributed by atoms with E-state index in [4.69, 9.17) is 10.8 Å². The van der Waals surface area contributed by atoms with E-state index in [1.807, 2.05) is 56.3 Å². The number of likely N-dealkylation sites (tertiary alicyclic amines) is 1. The molecule has 2 aromatic carbocycles. The first-order valence-corrected chi connectivity index (χ1v) is 13.9. The van der Waals surface area contributed by atoms with Crippen molar-refractivity contribution in [3.8, 4) is 0 Å². The number of imide groups is 1. The Kier molecular flexibility index (Phi) is 6.28. The summed E-state index contributed by atoms with van der Waals surface area (Å²) >= 11 is 0. The number of hydrogen-bond acceptors (Lipinski definition) is 7. The predicted octanol–water partition coefficient (Wildman–Crippen LogP) is -0.645. The number of aliphatic hydroxyl groups is 2. The van der Waals surface area contributed by atoms with Gasteiger partial charge in [-0.2, -0.15) is 0 Å². The molecule has 13 heteroatoms. The van der Waals surface area contributed by atoms with E-state index < -0.39 is 40.9 Å². The first-order valence-electron chi connectivity index (χ1n) is 13.9. The highest BCUT2D eigenvalue weighted by atomic mass is 16.5. The van der Waals surface area contributed by atoms with Crippen molar-refractivity contribution in [3.63, 3.8) is 0 Å². The number of amides is 3. The Morgan fingerprint density at radius 3 is 2.36 bits per heavy atom. The standard InChI is InChI=1S/C29H34N8O5/c1-27(2,16-8-4-3-5-9-16)18-11-7-6-10-17(18)24(40)33-20-15-37-26(31)32-19(14-36-21(38)12-13-22(36)39)23-28(37,29(20,41)42)35-25(30)34-23/h3-11,19-20,23,41-42H,12-15H2,1-2H3,(H2,31,32)(H,33,40)(H3,30,34,35)/t19-,20?,23-,28?/m0/s1. The van der Waals surface area contributed by atoms with Gasteiger partial charge in [0.25, 0.3) is 5.91 Å². The number of carbonyl (C=O) groups is 3. The van der Waals surface area contributed by atoms with E-state index in [1.54, 1.807) is 12.1 Å². The zero-order valence-electron chi connectivity index (χ0n) is 23.3. The molecule has 6 rings (SSSR count). The van der Waals surface area contributed by atoms with E-state index in [2.05, 4.69) is 21.3 Å². The minimum Gasteiger partial charge on any atom is -0.361 e. The van der Waals surface area contributed by atoms with Crippen molar-refractivity contribution in [2.45, 2.75) is 61.7 Å². The van der Waals surface area contributed by atoms with Crippen molar-refractivity contribution in [1.29, 1.82) is 10.8 Å². The summed E-state index contributed by atoms with van der Waals surface area (Å²) in [5, 5.41) is 52.0. The molecule has 0 aliphatic carbocycles. The van der Waals surface area contributed by atoms with Gasteiger partial charge in [-0.3, -0.25) is 30.1 Å². The molecular weight excluding hydrogens is 540 g/mol. The van der Waals surface area contributed by atoms with Crippen LogP contribution in [0, 0.1) is 10.8 Å². The fraction of sp³-hybridized carbons (Fsp3) is 0.414. The molecule has 2 aromatic rings. The van der Waals surface area contributed by atoms with Gasteiger partial charge in [0.2, 0.25) is 17.6 Å². The fourth-order valence-electron chi connectivity index (χ4n) is 6.83. The maximum absolute atomic E-state index is 13.8. The molecule has 0 bridgehead atoms. The number of rotatable bonds is 6. The minimum absolute atomic E-state index is 0.0903. The minimum atomic E-state index is -2.68. The van der Waals surface area contributed by atoms with E-state index in [1.165, 1.54) is 4.90 Å². The lowest BCUT2D eigenvalue weighted by atomic mass is 9.76. The van der Waals surface area contributed by atoms with Crippen molar-refractivity contribution in [2.75, 3.05) is 13.1 Å². The van der Waals surface area contributed by atoms with Gasteiger partial charge in [0.1, 0.15) is 6.04 Å². The topological polar surface area (TPSA) is 194 Å². The molecule has 4 aliphatic heterocycles. The summed E-state index contributed by atoms with van der Waals surface area (Å²) in [4.78, 5) is 40.9. The van der Waals surface area contributed by atoms with Gasteiger partial charge >= 0.3 is 0 Å². The molecule has 4 saturated heterocycles. The highest BCUT2D eigenvalue weighted by Gasteiger charge is 2.74. The maximum atomic E-state index is 13.8. The van der Waals surface area contributed by atoms with E-state index in [-0.39, 0.29) is 49.7 Å². The molecule has 4 atom stereocenters. The molecule has 8 N–H and O–H groups in total. The second kappa shape index (κ2) is 9.53. The average Bonchev–Trinajstić information content (AvgIpc) is 3.56. The summed E-state index contributed by atoms with van der Waals surface area (Å²) in [5.74, 6) is -4.32. The smallest absolute Gasteiger partial charge is 0.252 e. The highest BCUT2D eigenvalue weighted by Crippen LogP contribution is 2.43. The first-order chi connectivity index (χ1) is 19.9. The Labute approximate surface area is 242 Å². The van der Waals surface area contributed by atoms with Crippen molar-refractivity contribution >= 4 is 29.6 Å². The molecule has 4 fully saturated rings. The Hall–Kier alpha value is -4.49. The first kappa shape index (κ1) is 27.7. The van der Waals surface area contributed by atoms with E-state index in [0.717, 1.165) is 16.0 Å². The van der Waals surface area contributed by atoms with Crippen LogP contribution in [-0.4, -0.2) is 92.3 Å². The molecule has 13 nitrogen and oxygen atoms in total. The Bertz CT molecular complexity index is 1480. The fourth-order valence-corrected chi connectivity index (χ4v) is 6.83. The summed E-state index contributed by atoms with van der Waals surface area (Å²) in [6, 6.07) is 13.8. The van der Waals surface area contributed by atoms with Crippen LogP contribution in [0.4, 0.5) is 0 Å². The lowest BCUT2D eigenvalue weighted by Gasteiger charge is -2.51. The zero-order chi connectivity index (χ0) is 30.0. The SMILES string of the molecule is CC(C)(c1ccccc1)c1ccccc1C(=O)NC1CN2C(=N)N[C@@H](CN3C(=O)CCC3=O)[C@@H]3NC(=N)NC32C1(O)O. The zero-order valence-corrected chi connectivity index (χ0v) is 23.3. The third kappa shape index (κ3) is 3.95. The molecule has 4 aliphatic rings. The predicted molar refractivity (Wildman–Crippen MR) is 151 cm³/mol. The normalized spacial score (nSPS) is 28.1. The van der Waals surface area contributed by atoms with Gasteiger partial charge < -0.3 is 36.4 Å². The van der Waals surface area contributed by atoms with Crippen LogP contribution in [0.5, 0.6) is 0 Å². The quantitative estimate of drug-likeness (QED) is 0.164. The monoisotopic (exact) mass is 574 g/mol. The van der Waals surface area contributed by atoms with Crippen molar-refractivity contribution in [1.82, 2.24) is 31.1 Å². The number of nitrogens with one attached hydrogen (secondary N) is 6. The van der Waals surface area contributed by atoms with Crippen LogP contribution in [0.15, 0.2) is 54.6 Å². The van der Waals surface area contributed by atoms with E-state index in [0.29, 0.717) is 5.56 Å². The van der Waals surface area contributed by atoms with Crippen LogP contribution in [0.2, 0.25) is 0 Å². The molecule has 220 valence electrons. The molecule has 0 aromatic heterocycles. The Balaban J connectivity index is 1.31. The summed E-state index contributed by atoms with van der Waals surface area (Å²) in [5.41, 5.74) is -0.271. The lowest BCUT2D eigenvalue weighted by Crippen LogP contribution is -2.81. The van der Waals surface area contributed by atoms with Crippen LogP contribution in [-0.2, 0) is 15.0 Å². The van der Waals surface area contributed by atoms with Crippen LogP contribution < -0.4 is 21.3 Å². The van der Waals surface area contributed by atoms with Gasteiger partial charge in [0.15, 0.2) is 17.6 Å². The molecule has 42 heavy (non-hydrogen) atoms. The van der Waals surface area contributed by atoms with Gasteiger partial charge in [-0.25, -0.2) is 0 Å². The molecule has 4 heterocycles. The number of guanidine groups is 2. The van der Waals surface area contributed by atoms with Crippen molar-refractivity contribution in [2.24, 2.45) is 0 Å². The van der Waals surface area contributed by atoms with Crippen LogP contribution in [0.1, 0.15) is 48.2 Å². The summed E-state index contributed by atoms with van der Waals surface area (Å²) in [6.45, 7) is 3.73. The highest BCUT2D eigenvalue weighted by molar-refractivity contribution is 6.02. The summed E-state index contributed by atoms with van der Waals surface area (Å²) in [7, 11) is 0. The lowest BCUT2D eigenvalue weighted by molar-refractivity contribution is -0.232. The van der Waals surface area contributed by atoms with E-state index >= 15 is 0 Å². The van der Waals surface area contributed by atoms with Gasteiger partial charge in [0, 0.05) is 30.4 Å². The molecule has 0 saturated carbocycles. The summed E-state index contributed by atoms with van der Waals surface area (Å²) in [6.07, 6.45) is 0.181. The maximum Gasteiger partial charge on any atom is 0.252 e. The molecule has 3 amide bonds. The van der Waals surface area contributed by atoms with Gasteiger partial charge in [-0.05, 0) is 17.2 Å². The van der Waals surface area contributed by atoms with Gasteiger partial charge in [-0.15, -0.1) is 0 Å². The summed E-state index contributed by atoms with van der Waals surface area (Å²) < 4.78 is 0. The van der Waals surface area contributed by atoms with Crippen LogP contribution in [0.25, 0.3) is 0 Å². The van der Waals surface area contributed by atoms with Crippen molar-refractivity contribution < 1.29 is 24.6 Å². The number of hydrogen-bond donors (Lipinski definition) is 8. The molecule has 1 spiro atoms. The molecule has 0 radical (unpaired) electrons. The molecule has 2 unspecified atom stereocenters. The second-order valence-corrected chi connectivity index (χ2v) is 11.8. The third-order valence-electron chi connectivity index (χ3n) is 9.08. The number of benzene rings is 2. The van der Waals surface area contributed by atoms with E-state index in [9.17, 15) is 24.6 Å². The second-order valence-electron chi connectivity index (χ2n) is 11.8. The van der Waals surface area contributed by atoms with Crippen LogP contribution in [0.3, 0.4) is 0 Å². The number of nitrogens with zero attached hydrogens (tertiary/aromatic N) is 2. The molecular formula is C29H34N8O5. The van der Waals surface area contributed by atoms with Gasteiger partial charge in [-0.1, -0.05) is 62.4 Å². The van der Waals surface area contributed by atoms with Crippen molar-refractivity contribution in [3.05, 3.63) is 71.3 Å². The number of carbonyl (C=O) groups excluding carboxylic acids is 3. The Morgan fingerprint density at radius 2 is 1.67 bits per heavy atom. The Morgan fingerprint density at radius 1 is 1.02 bits per heavy atom. The largest absolute Gasteiger partial charge is 0.361 e. The third-order valence-corrected chi connectivity index (χ3v) is 9.08. The average molecular weight is 575 g/mol. The van der Waals surface area contributed by atoms with Gasteiger partial charge in [0.05, 0.1) is 18.6 Å².